The normalized spacial score (nSPS) is 14.4. The van der Waals surface area contributed by atoms with Crippen LogP contribution in [-0.4, -0.2) is 11.9 Å². The Bertz CT molecular complexity index is 348. The summed E-state index contributed by atoms with van der Waals surface area (Å²) in [5.41, 5.74) is 6.75. The van der Waals surface area contributed by atoms with E-state index in [2.05, 4.69) is 19.2 Å². The minimum atomic E-state index is -0.578. The minimum Gasteiger partial charge on any atom is -0.352 e. The SMILES string of the molecule is CC(C)CC(C)NC(=O)[C@H](N)c1ccccc1. The van der Waals surface area contributed by atoms with Crippen molar-refractivity contribution in [2.45, 2.75) is 39.3 Å². The molecule has 0 spiro atoms. The molecular formula is C14H22N2O. The molecule has 1 rings (SSSR count). The summed E-state index contributed by atoms with van der Waals surface area (Å²) in [5.74, 6) is 0.461. The van der Waals surface area contributed by atoms with Crippen LogP contribution in [0.4, 0.5) is 0 Å². The van der Waals surface area contributed by atoms with Crippen LogP contribution < -0.4 is 11.1 Å². The van der Waals surface area contributed by atoms with E-state index < -0.39 is 6.04 Å². The maximum absolute atomic E-state index is 11.9. The van der Waals surface area contributed by atoms with Crippen molar-refractivity contribution in [2.75, 3.05) is 0 Å². The summed E-state index contributed by atoms with van der Waals surface area (Å²) in [6.07, 6.45) is 0.966. The van der Waals surface area contributed by atoms with Gasteiger partial charge in [0, 0.05) is 6.04 Å². The van der Waals surface area contributed by atoms with Crippen molar-refractivity contribution in [3.05, 3.63) is 35.9 Å². The highest BCUT2D eigenvalue weighted by Crippen LogP contribution is 2.11. The zero-order chi connectivity index (χ0) is 12.8. The number of carbonyl (C=O) groups excluding carboxylic acids is 1. The predicted molar refractivity (Wildman–Crippen MR) is 70.4 cm³/mol. The predicted octanol–water partition coefficient (Wildman–Crippen LogP) is 2.24. The number of nitrogens with one attached hydrogen (secondary N) is 1. The van der Waals surface area contributed by atoms with Crippen molar-refractivity contribution in [1.82, 2.24) is 5.32 Å². The average molecular weight is 234 g/mol. The Morgan fingerprint density at radius 3 is 2.35 bits per heavy atom. The van der Waals surface area contributed by atoms with Crippen LogP contribution in [0.2, 0.25) is 0 Å². The fourth-order valence-corrected chi connectivity index (χ4v) is 1.91. The van der Waals surface area contributed by atoms with Crippen molar-refractivity contribution in [1.29, 1.82) is 0 Å². The Balaban J connectivity index is 2.53. The Kier molecular flexibility index (Phi) is 5.16. The lowest BCUT2D eigenvalue weighted by Crippen LogP contribution is -2.39. The van der Waals surface area contributed by atoms with E-state index in [1.54, 1.807) is 0 Å². The molecule has 0 radical (unpaired) electrons. The van der Waals surface area contributed by atoms with Crippen molar-refractivity contribution in [3.8, 4) is 0 Å². The van der Waals surface area contributed by atoms with Gasteiger partial charge in [-0.25, -0.2) is 0 Å². The fraction of sp³-hybridized carbons (Fsp3) is 0.500. The number of rotatable bonds is 5. The summed E-state index contributed by atoms with van der Waals surface area (Å²) in [6, 6.07) is 9.02. The van der Waals surface area contributed by atoms with Gasteiger partial charge >= 0.3 is 0 Å². The van der Waals surface area contributed by atoms with Crippen molar-refractivity contribution < 1.29 is 4.79 Å². The molecule has 94 valence electrons. The quantitative estimate of drug-likeness (QED) is 0.821. The summed E-state index contributed by atoms with van der Waals surface area (Å²) in [5, 5.41) is 2.95. The highest BCUT2D eigenvalue weighted by atomic mass is 16.2. The minimum absolute atomic E-state index is 0.107. The van der Waals surface area contributed by atoms with Gasteiger partial charge in [0.2, 0.25) is 5.91 Å². The van der Waals surface area contributed by atoms with Crippen LogP contribution in [0.3, 0.4) is 0 Å². The molecule has 2 atom stereocenters. The monoisotopic (exact) mass is 234 g/mol. The first-order chi connectivity index (χ1) is 8.00. The van der Waals surface area contributed by atoms with Gasteiger partial charge in [-0.3, -0.25) is 4.79 Å². The summed E-state index contributed by atoms with van der Waals surface area (Å²) >= 11 is 0. The zero-order valence-electron chi connectivity index (χ0n) is 10.8. The molecule has 0 fully saturated rings. The van der Waals surface area contributed by atoms with Gasteiger partial charge in [-0.05, 0) is 24.8 Å². The van der Waals surface area contributed by atoms with Gasteiger partial charge in [0.15, 0.2) is 0 Å². The van der Waals surface area contributed by atoms with Gasteiger partial charge in [-0.2, -0.15) is 0 Å². The lowest BCUT2D eigenvalue weighted by molar-refractivity contribution is -0.123. The van der Waals surface area contributed by atoms with Crippen LogP contribution in [-0.2, 0) is 4.79 Å². The molecule has 0 bridgehead atoms. The molecule has 0 aliphatic rings. The molecule has 0 aromatic heterocycles. The third-order valence-electron chi connectivity index (χ3n) is 2.65. The summed E-state index contributed by atoms with van der Waals surface area (Å²) in [6.45, 7) is 6.29. The zero-order valence-corrected chi connectivity index (χ0v) is 10.8. The van der Waals surface area contributed by atoms with Crippen LogP contribution in [0.1, 0.15) is 38.8 Å². The van der Waals surface area contributed by atoms with E-state index in [-0.39, 0.29) is 11.9 Å². The van der Waals surface area contributed by atoms with Gasteiger partial charge in [-0.1, -0.05) is 44.2 Å². The molecule has 0 saturated heterocycles. The third kappa shape index (κ3) is 4.57. The van der Waals surface area contributed by atoms with E-state index in [4.69, 9.17) is 5.73 Å². The molecular weight excluding hydrogens is 212 g/mol. The standard InChI is InChI=1S/C14H22N2O/c1-10(2)9-11(3)16-14(17)13(15)12-7-5-4-6-8-12/h4-8,10-11,13H,9,15H2,1-3H3,(H,16,17)/t11?,13-/m1/s1. The lowest BCUT2D eigenvalue weighted by Gasteiger charge is -2.19. The smallest absolute Gasteiger partial charge is 0.241 e. The number of hydrogen-bond acceptors (Lipinski definition) is 2. The number of nitrogens with two attached hydrogens (primary N) is 1. The molecule has 1 aromatic carbocycles. The van der Waals surface area contributed by atoms with Crippen LogP contribution in [0, 0.1) is 5.92 Å². The Morgan fingerprint density at radius 1 is 1.24 bits per heavy atom. The number of hydrogen-bond donors (Lipinski definition) is 2. The molecule has 0 aliphatic heterocycles. The van der Waals surface area contributed by atoms with Gasteiger partial charge in [0.25, 0.3) is 0 Å². The third-order valence-corrected chi connectivity index (χ3v) is 2.65. The summed E-state index contributed by atoms with van der Waals surface area (Å²) in [7, 11) is 0. The van der Waals surface area contributed by atoms with Crippen LogP contribution in [0.15, 0.2) is 30.3 Å². The first-order valence-corrected chi connectivity index (χ1v) is 6.11. The van der Waals surface area contributed by atoms with E-state index in [1.165, 1.54) is 0 Å². The topological polar surface area (TPSA) is 55.1 Å². The summed E-state index contributed by atoms with van der Waals surface area (Å²) in [4.78, 5) is 11.9. The number of carbonyl (C=O) groups is 1. The molecule has 17 heavy (non-hydrogen) atoms. The van der Waals surface area contributed by atoms with E-state index >= 15 is 0 Å². The molecule has 1 aromatic rings. The molecule has 0 aliphatic carbocycles. The number of benzene rings is 1. The maximum atomic E-state index is 11.9. The van der Waals surface area contributed by atoms with Crippen molar-refractivity contribution in [3.63, 3.8) is 0 Å². The summed E-state index contributed by atoms with van der Waals surface area (Å²) < 4.78 is 0. The lowest BCUT2D eigenvalue weighted by atomic mass is 10.0. The highest BCUT2D eigenvalue weighted by Gasteiger charge is 2.17. The van der Waals surface area contributed by atoms with Crippen LogP contribution in [0.25, 0.3) is 0 Å². The largest absolute Gasteiger partial charge is 0.352 e. The average Bonchev–Trinajstić information content (AvgIpc) is 2.28. The number of amides is 1. The van der Waals surface area contributed by atoms with Crippen LogP contribution in [0.5, 0.6) is 0 Å². The van der Waals surface area contributed by atoms with Gasteiger partial charge in [0.1, 0.15) is 6.04 Å². The first kappa shape index (κ1) is 13.7. The Hall–Kier alpha value is -1.35. The Morgan fingerprint density at radius 2 is 1.82 bits per heavy atom. The molecule has 3 N–H and O–H groups in total. The van der Waals surface area contributed by atoms with Gasteiger partial charge < -0.3 is 11.1 Å². The molecule has 0 saturated carbocycles. The van der Waals surface area contributed by atoms with Crippen molar-refractivity contribution in [2.24, 2.45) is 11.7 Å². The maximum Gasteiger partial charge on any atom is 0.241 e. The molecule has 3 heteroatoms. The van der Waals surface area contributed by atoms with Crippen molar-refractivity contribution >= 4 is 5.91 Å². The van der Waals surface area contributed by atoms with E-state index in [9.17, 15) is 4.79 Å². The van der Waals surface area contributed by atoms with Gasteiger partial charge in [0.05, 0.1) is 0 Å². The van der Waals surface area contributed by atoms with E-state index in [0.29, 0.717) is 5.92 Å². The first-order valence-electron chi connectivity index (χ1n) is 6.11. The second kappa shape index (κ2) is 6.40. The molecule has 1 unspecified atom stereocenters. The second-order valence-corrected chi connectivity index (χ2v) is 4.93. The second-order valence-electron chi connectivity index (χ2n) is 4.93. The Labute approximate surface area is 103 Å². The molecule has 3 nitrogen and oxygen atoms in total. The highest BCUT2D eigenvalue weighted by molar-refractivity contribution is 5.83. The van der Waals surface area contributed by atoms with E-state index in [0.717, 1.165) is 12.0 Å². The fourth-order valence-electron chi connectivity index (χ4n) is 1.91. The van der Waals surface area contributed by atoms with E-state index in [1.807, 2.05) is 37.3 Å². The van der Waals surface area contributed by atoms with Crippen LogP contribution >= 0.6 is 0 Å². The van der Waals surface area contributed by atoms with Gasteiger partial charge in [-0.15, -0.1) is 0 Å². The molecule has 1 amide bonds. The molecule has 0 heterocycles.